The highest BCUT2D eigenvalue weighted by atomic mass is 127. The van der Waals surface area contributed by atoms with E-state index in [1.54, 1.807) is 6.26 Å². The van der Waals surface area contributed by atoms with Crippen molar-refractivity contribution in [1.29, 1.82) is 0 Å². The van der Waals surface area contributed by atoms with Gasteiger partial charge in [-0.05, 0) is 23.6 Å². The molecule has 160 valence electrons. The number of hydrogen-bond donors (Lipinski definition) is 1. The van der Waals surface area contributed by atoms with E-state index in [-0.39, 0.29) is 24.0 Å². The Morgan fingerprint density at radius 3 is 2.69 bits per heavy atom. The zero-order valence-electron chi connectivity index (χ0n) is 17.5. The van der Waals surface area contributed by atoms with Crippen molar-refractivity contribution >= 4 is 29.9 Å². The second kappa shape index (κ2) is 12.0. The van der Waals surface area contributed by atoms with Crippen LogP contribution in [0.5, 0.6) is 5.75 Å². The maximum absolute atomic E-state index is 5.83. The van der Waals surface area contributed by atoms with Gasteiger partial charge in [0.2, 0.25) is 0 Å². The lowest BCUT2D eigenvalue weighted by molar-refractivity contribution is 0.169. The summed E-state index contributed by atoms with van der Waals surface area (Å²) in [7, 11) is 1.84. The van der Waals surface area contributed by atoms with Gasteiger partial charge >= 0.3 is 0 Å². The maximum atomic E-state index is 5.83. The molecule has 8 heteroatoms. The molecule has 3 rings (SSSR count). The SMILES string of the molecule is CN=C(NCc1cccc(OCC(C)C)c1)N1CCN(Cc2ccon2)CC1.I. The minimum absolute atomic E-state index is 0. The van der Waals surface area contributed by atoms with Crippen LogP contribution in [-0.4, -0.2) is 60.7 Å². The van der Waals surface area contributed by atoms with Gasteiger partial charge in [0, 0.05) is 52.4 Å². The number of halogens is 1. The van der Waals surface area contributed by atoms with Crippen LogP contribution in [0, 0.1) is 5.92 Å². The van der Waals surface area contributed by atoms with E-state index in [0.29, 0.717) is 5.92 Å². The summed E-state index contributed by atoms with van der Waals surface area (Å²) in [6.07, 6.45) is 1.63. The summed E-state index contributed by atoms with van der Waals surface area (Å²) < 4.78 is 10.7. The number of nitrogens with zero attached hydrogens (tertiary/aromatic N) is 4. The van der Waals surface area contributed by atoms with E-state index in [2.05, 4.69) is 51.2 Å². The Balaban J connectivity index is 0.00000300. The monoisotopic (exact) mass is 513 g/mol. The quantitative estimate of drug-likeness (QED) is 0.349. The standard InChI is InChI=1S/C21H31N5O2.HI/c1-17(2)16-27-20-6-4-5-18(13-20)14-23-21(22-3)26-10-8-25(9-11-26)15-19-7-12-28-24-19;/h4-7,12-13,17H,8-11,14-16H2,1-3H3,(H,22,23);1H. The molecule has 2 aromatic rings. The number of nitrogens with one attached hydrogen (secondary N) is 1. The molecule has 1 saturated heterocycles. The van der Waals surface area contributed by atoms with E-state index in [4.69, 9.17) is 9.26 Å². The number of ether oxygens (including phenoxy) is 1. The van der Waals surface area contributed by atoms with Gasteiger partial charge in [0.05, 0.1) is 12.3 Å². The number of benzene rings is 1. The number of rotatable bonds is 7. The summed E-state index contributed by atoms with van der Waals surface area (Å²) in [4.78, 5) is 9.15. The van der Waals surface area contributed by atoms with E-state index in [0.717, 1.165) is 63.3 Å². The van der Waals surface area contributed by atoms with E-state index >= 15 is 0 Å². The second-order valence-electron chi connectivity index (χ2n) is 7.51. The van der Waals surface area contributed by atoms with E-state index in [9.17, 15) is 0 Å². The third-order valence-electron chi connectivity index (χ3n) is 4.69. The summed E-state index contributed by atoms with van der Waals surface area (Å²) in [5.74, 6) is 2.38. The lowest BCUT2D eigenvalue weighted by Gasteiger charge is -2.36. The predicted octanol–water partition coefficient (Wildman–Crippen LogP) is 3.22. The average molecular weight is 513 g/mol. The van der Waals surface area contributed by atoms with Crippen LogP contribution in [0.4, 0.5) is 0 Å². The Kier molecular flexibility index (Phi) is 9.72. The highest BCUT2D eigenvalue weighted by Crippen LogP contribution is 2.14. The molecule has 1 aromatic carbocycles. The van der Waals surface area contributed by atoms with Crippen molar-refractivity contribution in [2.24, 2.45) is 10.9 Å². The van der Waals surface area contributed by atoms with Gasteiger partial charge < -0.3 is 19.5 Å². The van der Waals surface area contributed by atoms with Crippen molar-refractivity contribution in [3.63, 3.8) is 0 Å². The smallest absolute Gasteiger partial charge is 0.194 e. The number of guanidine groups is 1. The first-order valence-corrected chi connectivity index (χ1v) is 9.93. The fourth-order valence-corrected chi connectivity index (χ4v) is 3.19. The molecule has 29 heavy (non-hydrogen) atoms. The van der Waals surface area contributed by atoms with Crippen LogP contribution >= 0.6 is 24.0 Å². The first-order chi connectivity index (χ1) is 13.6. The third-order valence-corrected chi connectivity index (χ3v) is 4.69. The number of piperazine rings is 1. The van der Waals surface area contributed by atoms with Crippen molar-refractivity contribution in [1.82, 2.24) is 20.3 Å². The van der Waals surface area contributed by atoms with Crippen LogP contribution in [0.2, 0.25) is 0 Å². The van der Waals surface area contributed by atoms with E-state index in [1.807, 2.05) is 25.2 Å². The van der Waals surface area contributed by atoms with Gasteiger partial charge in [-0.3, -0.25) is 9.89 Å². The molecule has 1 aliphatic heterocycles. The van der Waals surface area contributed by atoms with Crippen LogP contribution < -0.4 is 10.1 Å². The molecule has 0 unspecified atom stereocenters. The van der Waals surface area contributed by atoms with Crippen LogP contribution in [0.25, 0.3) is 0 Å². The Labute approximate surface area is 190 Å². The van der Waals surface area contributed by atoms with Gasteiger partial charge in [0.25, 0.3) is 0 Å². The molecule has 0 aliphatic carbocycles. The molecule has 0 bridgehead atoms. The fraction of sp³-hybridized carbons (Fsp3) is 0.524. The molecule has 0 spiro atoms. The molecule has 1 aromatic heterocycles. The first-order valence-electron chi connectivity index (χ1n) is 9.93. The summed E-state index contributed by atoms with van der Waals surface area (Å²) in [6.45, 7) is 10.4. The van der Waals surface area contributed by atoms with Gasteiger partial charge in [-0.2, -0.15) is 0 Å². The number of aromatic nitrogens is 1. The van der Waals surface area contributed by atoms with Crippen molar-refractivity contribution in [2.75, 3.05) is 39.8 Å². The topological polar surface area (TPSA) is 66.1 Å². The third kappa shape index (κ3) is 7.50. The van der Waals surface area contributed by atoms with Crippen molar-refractivity contribution in [3.8, 4) is 5.75 Å². The Morgan fingerprint density at radius 1 is 1.24 bits per heavy atom. The molecule has 0 amide bonds. The molecule has 1 N–H and O–H groups in total. The van der Waals surface area contributed by atoms with Gasteiger partial charge in [-0.15, -0.1) is 24.0 Å². The number of aliphatic imine (C=N–C) groups is 1. The Bertz CT molecular complexity index is 743. The van der Waals surface area contributed by atoms with Gasteiger partial charge in [0.15, 0.2) is 5.96 Å². The molecule has 0 saturated carbocycles. The normalized spacial score (nSPS) is 15.3. The Morgan fingerprint density at radius 2 is 2.03 bits per heavy atom. The molecule has 1 fully saturated rings. The summed E-state index contributed by atoms with van der Waals surface area (Å²) in [5, 5.41) is 7.48. The molecule has 7 nitrogen and oxygen atoms in total. The second-order valence-corrected chi connectivity index (χ2v) is 7.51. The minimum atomic E-state index is 0. The molecule has 1 aliphatic rings. The fourth-order valence-electron chi connectivity index (χ4n) is 3.19. The van der Waals surface area contributed by atoms with Crippen LogP contribution in [-0.2, 0) is 13.1 Å². The predicted molar refractivity (Wildman–Crippen MR) is 126 cm³/mol. The van der Waals surface area contributed by atoms with Crippen molar-refractivity contribution in [3.05, 3.63) is 47.9 Å². The van der Waals surface area contributed by atoms with Crippen LogP contribution in [0.15, 0.2) is 46.1 Å². The molecule has 0 radical (unpaired) electrons. The summed E-state index contributed by atoms with van der Waals surface area (Å²) >= 11 is 0. The zero-order chi connectivity index (χ0) is 19.8. The molecular formula is C21H32IN5O2. The lowest BCUT2D eigenvalue weighted by atomic mass is 10.2. The van der Waals surface area contributed by atoms with Gasteiger partial charge in [0.1, 0.15) is 12.0 Å². The zero-order valence-corrected chi connectivity index (χ0v) is 19.8. The molecule has 0 atom stereocenters. The lowest BCUT2D eigenvalue weighted by Crippen LogP contribution is -2.52. The summed E-state index contributed by atoms with van der Waals surface area (Å²) in [6, 6.07) is 10.2. The highest BCUT2D eigenvalue weighted by molar-refractivity contribution is 14.0. The first kappa shape index (κ1) is 23.5. The number of hydrogen-bond acceptors (Lipinski definition) is 5. The molecular weight excluding hydrogens is 481 g/mol. The highest BCUT2D eigenvalue weighted by Gasteiger charge is 2.20. The van der Waals surface area contributed by atoms with Crippen molar-refractivity contribution < 1.29 is 9.26 Å². The van der Waals surface area contributed by atoms with Crippen LogP contribution in [0.1, 0.15) is 25.1 Å². The largest absolute Gasteiger partial charge is 0.493 e. The van der Waals surface area contributed by atoms with Crippen LogP contribution in [0.3, 0.4) is 0 Å². The Hall–Kier alpha value is -1.81. The van der Waals surface area contributed by atoms with Gasteiger partial charge in [-0.1, -0.05) is 31.1 Å². The van der Waals surface area contributed by atoms with Crippen molar-refractivity contribution in [2.45, 2.75) is 26.9 Å². The molecule has 2 heterocycles. The summed E-state index contributed by atoms with van der Waals surface area (Å²) in [5.41, 5.74) is 2.17. The van der Waals surface area contributed by atoms with E-state index < -0.39 is 0 Å². The average Bonchev–Trinajstić information content (AvgIpc) is 3.21. The minimum Gasteiger partial charge on any atom is -0.493 e. The van der Waals surface area contributed by atoms with E-state index in [1.165, 1.54) is 5.56 Å². The maximum Gasteiger partial charge on any atom is 0.194 e. The van der Waals surface area contributed by atoms with Gasteiger partial charge in [-0.25, -0.2) is 0 Å².